The van der Waals surface area contributed by atoms with Crippen LogP contribution in [-0.2, 0) is 4.79 Å². The summed E-state index contributed by atoms with van der Waals surface area (Å²) in [5.74, 6) is 0.123. The number of hydrogen-bond acceptors (Lipinski definition) is 6. The van der Waals surface area contributed by atoms with Crippen molar-refractivity contribution in [3.05, 3.63) is 39.6 Å². The van der Waals surface area contributed by atoms with Crippen molar-refractivity contribution >= 4 is 51.8 Å². The number of rotatable bonds is 4. The first-order chi connectivity index (χ1) is 10.1. The van der Waals surface area contributed by atoms with Gasteiger partial charge < -0.3 is 11.1 Å². The topological polar surface area (TPSA) is 105 Å². The first-order valence-corrected chi connectivity index (χ1v) is 7.86. The second-order valence-corrected chi connectivity index (χ2v) is 6.10. The van der Waals surface area contributed by atoms with Gasteiger partial charge in [-0.05, 0) is 46.9 Å². The molecule has 0 radical (unpaired) electrons. The molecule has 2 rings (SSSR count). The van der Waals surface area contributed by atoms with Gasteiger partial charge in [0, 0.05) is 9.26 Å². The minimum absolute atomic E-state index is 0.119. The van der Waals surface area contributed by atoms with Crippen LogP contribution in [-0.4, -0.2) is 21.6 Å². The zero-order valence-electron chi connectivity index (χ0n) is 10.7. The number of aromatic nitrogens is 2. The molecule has 6 nitrogen and oxygen atoms in total. The van der Waals surface area contributed by atoms with Crippen molar-refractivity contribution in [3.8, 4) is 6.07 Å². The van der Waals surface area contributed by atoms with Crippen molar-refractivity contribution in [1.29, 1.82) is 5.26 Å². The number of anilines is 2. The Kier molecular flexibility index (Phi) is 5.35. The molecular weight excluding hydrogens is 401 g/mol. The van der Waals surface area contributed by atoms with E-state index in [0.29, 0.717) is 5.16 Å². The molecule has 0 bridgehead atoms. The Morgan fingerprint density at radius 3 is 2.76 bits per heavy atom. The quantitative estimate of drug-likeness (QED) is 0.455. The first-order valence-electron chi connectivity index (χ1n) is 5.79. The third-order valence-electron chi connectivity index (χ3n) is 2.38. The summed E-state index contributed by atoms with van der Waals surface area (Å²) in [5.41, 5.74) is 6.55. The van der Waals surface area contributed by atoms with E-state index >= 15 is 0 Å². The van der Waals surface area contributed by atoms with Crippen LogP contribution >= 0.6 is 34.4 Å². The SMILES string of the molecule is N#Cc1cnc(SCC(=O)Nc2ccc(I)cc2)nc1N. The van der Waals surface area contributed by atoms with Gasteiger partial charge in [-0.15, -0.1) is 0 Å². The molecule has 3 N–H and O–H groups in total. The largest absolute Gasteiger partial charge is 0.382 e. The van der Waals surface area contributed by atoms with Crippen molar-refractivity contribution in [2.45, 2.75) is 5.16 Å². The summed E-state index contributed by atoms with van der Waals surface area (Å²) in [6, 6.07) is 9.37. The molecule has 0 atom stereocenters. The number of halogens is 1. The molecule has 21 heavy (non-hydrogen) atoms. The molecule has 0 spiro atoms. The number of benzene rings is 1. The predicted molar refractivity (Wildman–Crippen MR) is 89.7 cm³/mol. The van der Waals surface area contributed by atoms with E-state index in [9.17, 15) is 4.79 Å². The lowest BCUT2D eigenvalue weighted by molar-refractivity contribution is -0.113. The number of nitrogens with two attached hydrogens (primary N) is 1. The lowest BCUT2D eigenvalue weighted by atomic mass is 10.3. The summed E-state index contributed by atoms with van der Waals surface area (Å²) in [6.07, 6.45) is 1.35. The summed E-state index contributed by atoms with van der Waals surface area (Å²) in [7, 11) is 0. The molecule has 2 aromatic rings. The fourth-order valence-corrected chi connectivity index (χ4v) is 2.38. The summed E-state index contributed by atoms with van der Waals surface area (Å²) < 4.78 is 1.10. The van der Waals surface area contributed by atoms with Gasteiger partial charge in [0.2, 0.25) is 5.91 Å². The maximum Gasteiger partial charge on any atom is 0.234 e. The molecule has 0 saturated heterocycles. The van der Waals surface area contributed by atoms with Gasteiger partial charge in [0.15, 0.2) is 5.16 Å². The van der Waals surface area contributed by atoms with Crippen LogP contribution in [0.1, 0.15) is 5.56 Å². The smallest absolute Gasteiger partial charge is 0.234 e. The van der Waals surface area contributed by atoms with Gasteiger partial charge in [0.25, 0.3) is 0 Å². The highest BCUT2D eigenvalue weighted by molar-refractivity contribution is 14.1. The maximum atomic E-state index is 11.8. The van der Waals surface area contributed by atoms with Crippen molar-refractivity contribution < 1.29 is 4.79 Å². The number of amides is 1. The maximum absolute atomic E-state index is 11.8. The summed E-state index contributed by atoms with van der Waals surface area (Å²) in [4.78, 5) is 19.7. The third kappa shape index (κ3) is 4.57. The molecule has 0 fully saturated rings. The van der Waals surface area contributed by atoms with E-state index in [1.807, 2.05) is 30.3 Å². The zero-order chi connectivity index (χ0) is 15.2. The number of carbonyl (C=O) groups is 1. The number of nitrogens with zero attached hydrogens (tertiary/aromatic N) is 3. The zero-order valence-corrected chi connectivity index (χ0v) is 13.7. The second-order valence-electron chi connectivity index (χ2n) is 3.91. The van der Waals surface area contributed by atoms with Crippen LogP contribution in [0.5, 0.6) is 0 Å². The van der Waals surface area contributed by atoms with Crippen LogP contribution in [0.15, 0.2) is 35.6 Å². The molecule has 106 valence electrons. The van der Waals surface area contributed by atoms with Crippen molar-refractivity contribution in [2.24, 2.45) is 0 Å². The second kappa shape index (κ2) is 7.24. The summed E-state index contributed by atoms with van der Waals surface area (Å²) >= 11 is 3.35. The Hall–Kier alpha value is -1.86. The number of hydrogen-bond donors (Lipinski definition) is 2. The third-order valence-corrected chi connectivity index (χ3v) is 3.96. The monoisotopic (exact) mass is 411 g/mol. The molecule has 0 saturated carbocycles. The van der Waals surface area contributed by atoms with Crippen LogP contribution in [0.3, 0.4) is 0 Å². The molecule has 1 heterocycles. The molecule has 1 aromatic carbocycles. The van der Waals surface area contributed by atoms with Gasteiger partial charge in [-0.1, -0.05) is 11.8 Å². The molecule has 0 aliphatic rings. The standard InChI is InChI=1S/C13H10IN5OS/c14-9-1-3-10(4-2-9)18-11(20)7-21-13-17-6-8(5-15)12(16)19-13/h1-4,6H,7H2,(H,18,20)(H2,16,17,19). The van der Waals surface area contributed by atoms with E-state index in [-0.39, 0.29) is 23.0 Å². The highest BCUT2D eigenvalue weighted by atomic mass is 127. The van der Waals surface area contributed by atoms with Crippen LogP contribution in [0, 0.1) is 14.9 Å². The van der Waals surface area contributed by atoms with Crippen LogP contribution in [0.2, 0.25) is 0 Å². The minimum atomic E-state index is -0.160. The highest BCUT2D eigenvalue weighted by Gasteiger charge is 2.08. The van der Waals surface area contributed by atoms with E-state index in [4.69, 9.17) is 11.0 Å². The van der Waals surface area contributed by atoms with Gasteiger partial charge >= 0.3 is 0 Å². The Labute approximate surface area is 139 Å². The van der Waals surface area contributed by atoms with Gasteiger partial charge in [0.1, 0.15) is 17.5 Å². The highest BCUT2D eigenvalue weighted by Crippen LogP contribution is 2.17. The van der Waals surface area contributed by atoms with Gasteiger partial charge in [0.05, 0.1) is 11.9 Å². The van der Waals surface area contributed by atoms with E-state index in [1.165, 1.54) is 6.20 Å². The van der Waals surface area contributed by atoms with Gasteiger partial charge in [-0.3, -0.25) is 4.79 Å². The number of thioether (sulfide) groups is 1. The van der Waals surface area contributed by atoms with Crippen LogP contribution < -0.4 is 11.1 Å². The van der Waals surface area contributed by atoms with E-state index in [2.05, 4.69) is 37.9 Å². The fraction of sp³-hybridized carbons (Fsp3) is 0.0769. The van der Waals surface area contributed by atoms with Gasteiger partial charge in [-0.25, -0.2) is 9.97 Å². The molecule has 0 aliphatic heterocycles. The Morgan fingerprint density at radius 2 is 2.14 bits per heavy atom. The van der Waals surface area contributed by atoms with Crippen molar-refractivity contribution in [1.82, 2.24) is 9.97 Å². The Bertz CT molecular complexity index is 699. The summed E-state index contributed by atoms with van der Waals surface area (Å²) in [6.45, 7) is 0. The van der Waals surface area contributed by atoms with Crippen LogP contribution in [0.25, 0.3) is 0 Å². The average Bonchev–Trinajstić information content (AvgIpc) is 2.48. The van der Waals surface area contributed by atoms with E-state index < -0.39 is 0 Å². The molecule has 0 unspecified atom stereocenters. The fourth-order valence-electron chi connectivity index (χ4n) is 1.39. The average molecular weight is 411 g/mol. The molecule has 8 heteroatoms. The number of nitrogens with one attached hydrogen (secondary N) is 1. The lowest BCUT2D eigenvalue weighted by Crippen LogP contribution is -2.14. The predicted octanol–water partition coefficient (Wildman–Crippen LogP) is 2.27. The first kappa shape index (κ1) is 15.5. The molecule has 0 aliphatic carbocycles. The minimum Gasteiger partial charge on any atom is -0.382 e. The van der Waals surface area contributed by atoms with Crippen LogP contribution in [0.4, 0.5) is 11.5 Å². The van der Waals surface area contributed by atoms with Gasteiger partial charge in [-0.2, -0.15) is 5.26 Å². The Morgan fingerprint density at radius 1 is 1.43 bits per heavy atom. The number of nitrogen functional groups attached to an aromatic ring is 1. The molecule has 1 amide bonds. The van der Waals surface area contributed by atoms with E-state index in [0.717, 1.165) is 21.0 Å². The lowest BCUT2D eigenvalue weighted by Gasteiger charge is -2.05. The van der Waals surface area contributed by atoms with Crippen molar-refractivity contribution in [3.63, 3.8) is 0 Å². The van der Waals surface area contributed by atoms with Crippen molar-refractivity contribution in [2.75, 3.05) is 16.8 Å². The van der Waals surface area contributed by atoms with E-state index in [1.54, 1.807) is 0 Å². The number of carbonyl (C=O) groups excluding carboxylic acids is 1. The molecular formula is C13H10IN5OS. The Balaban J connectivity index is 1.91. The normalized spacial score (nSPS) is 9.90. The summed E-state index contributed by atoms with van der Waals surface area (Å²) in [5, 5.41) is 11.9. The molecule has 1 aromatic heterocycles. The number of nitriles is 1.